The number of nitrogens with two attached hydrogens (primary N) is 1. The van der Waals surface area contributed by atoms with Gasteiger partial charge in [0.2, 0.25) is 0 Å². The van der Waals surface area contributed by atoms with Gasteiger partial charge >= 0.3 is 5.97 Å². The largest absolute Gasteiger partial charge is 0.495 e. The number of nitrogen functional groups attached to an aromatic ring is 1. The highest BCUT2D eigenvalue weighted by Crippen LogP contribution is 2.24. The van der Waals surface area contributed by atoms with Crippen molar-refractivity contribution in [1.29, 1.82) is 0 Å². The van der Waals surface area contributed by atoms with Gasteiger partial charge in [0.15, 0.2) is 0 Å². The Kier molecular flexibility index (Phi) is 5.54. The third kappa shape index (κ3) is 5.87. The normalized spacial score (nSPS) is 11.2. The molecule has 4 nitrogen and oxygen atoms in total. The van der Waals surface area contributed by atoms with Crippen LogP contribution in [0.25, 0.3) is 0 Å². The highest BCUT2D eigenvalue weighted by molar-refractivity contribution is 7.99. The quantitative estimate of drug-likeness (QED) is 0.665. The maximum atomic E-state index is 11.5. The summed E-state index contributed by atoms with van der Waals surface area (Å²) < 4.78 is 10.3. The number of esters is 1. The van der Waals surface area contributed by atoms with E-state index in [1.165, 1.54) is 11.8 Å². The van der Waals surface area contributed by atoms with Crippen LogP contribution in [0.1, 0.15) is 26.3 Å². The molecule has 0 radical (unpaired) electrons. The fraction of sp³-hybridized carbons (Fsp3) is 0.500. The molecule has 5 heteroatoms. The average Bonchev–Trinajstić information content (AvgIpc) is 2.26. The Morgan fingerprint density at radius 1 is 1.37 bits per heavy atom. The van der Waals surface area contributed by atoms with E-state index in [9.17, 15) is 4.79 Å². The number of hydrogen-bond donors (Lipinski definition) is 1. The van der Waals surface area contributed by atoms with E-state index in [-0.39, 0.29) is 5.97 Å². The van der Waals surface area contributed by atoms with Crippen molar-refractivity contribution in [2.24, 2.45) is 0 Å². The van der Waals surface area contributed by atoms with Crippen LogP contribution in [0, 0.1) is 0 Å². The molecule has 0 spiro atoms. The van der Waals surface area contributed by atoms with E-state index >= 15 is 0 Å². The second kappa shape index (κ2) is 6.70. The van der Waals surface area contributed by atoms with Crippen molar-refractivity contribution in [2.45, 2.75) is 32.1 Å². The number of benzene rings is 1. The van der Waals surface area contributed by atoms with Gasteiger partial charge in [-0.05, 0) is 38.5 Å². The van der Waals surface area contributed by atoms with Gasteiger partial charge in [-0.25, -0.2) is 0 Å². The van der Waals surface area contributed by atoms with Gasteiger partial charge in [-0.1, -0.05) is 6.07 Å². The molecule has 0 aliphatic carbocycles. The molecule has 0 amide bonds. The fourth-order valence-corrected chi connectivity index (χ4v) is 2.24. The predicted octanol–water partition coefficient (Wildman–Crippen LogP) is 2.85. The summed E-state index contributed by atoms with van der Waals surface area (Å²) in [6.45, 7) is 5.58. The van der Waals surface area contributed by atoms with Crippen LogP contribution in [0.3, 0.4) is 0 Å². The lowest BCUT2D eigenvalue weighted by Crippen LogP contribution is -2.24. The molecule has 0 saturated heterocycles. The molecular formula is C14H21NO3S. The highest BCUT2D eigenvalue weighted by atomic mass is 32.2. The summed E-state index contributed by atoms with van der Waals surface area (Å²) in [5, 5.41) is 0. The second-order valence-electron chi connectivity index (χ2n) is 5.16. The highest BCUT2D eigenvalue weighted by Gasteiger charge is 2.15. The van der Waals surface area contributed by atoms with E-state index in [1.54, 1.807) is 7.11 Å². The summed E-state index contributed by atoms with van der Waals surface area (Å²) in [6, 6.07) is 5.64. The molecule has 0 atom stereocenters. The van der Waals surface area contributed by atoms with Crippen molar-refractivity contribution >= 4 is 23.4 Å². The lowest BCUT2D eigenvalue weighted by molar-refractivity contribution is -0.151. The van der Waals surface area contributed by atoms with Gasteiger partial charge in [0, 0.05) is 5.75 Å². The summed E-state index contributed by atoms with van der Waals surface area (Å²) in [5.41, 5.74) is 7.06. The van der Waals surface area contributed by atoms with Gasteiger partial charge in [-0.2, -0.15) is 0 Å². The van der Waals surface area contributed by atoms with E-state index in [0.717, 1.165) is 5.56 Å². The average molecular weight is 283 g/mol. The van der Waals surface area contributed by atoms with Crippen molar-refractivity contribution in [3.8, 4) is 5.75 Å². The molecule has 106 valence electrons. The van der Waals surface area contributed by atoms with Crippen LogP contribution in [0.4, 0.5) is 5.69 Å². The number of carbonyl (C=O) groups is 1. The molecule has 1 aromatic rings. The van der Waals surface area contributed by atoms with Gasteiger partial charge in [0.1, 0.15) is 11.4 Å². The molecule has 0 aromatic heterocycles. The molecule has 1 rings (SSSR count). The van der Waals surface area contributed by atoms with Crippen molar-refractivity contribution in [3.05, 3.63) is 23.8 Å². The molecule has 0 aliphatic rings. The Morgan fingerprint density at radius 3 is 2.58 bits per heavy atom. The molecule has 0 aliphatic heterocycles. The number of hydrogen-bond acceptors (Lipinski definition) is 5. The number of methoxy groups -OCH3 is 1. The zero-order chi connectivity index (χ0) is 14.5. The van der Waals surface area contributed by atoms with Crippen LogP contribution < -0.4 is 10.5 Å². The van der Waals surface area contributed by atoms with Crippen LogP contribution >= 0.6 is 11.8 Å². The number of ether oxygens (including phenoxy) is 2. The van der Waals surface area contributed by atoms with E-state index in [2.05, 4.69) is 0 Å². The summed E-state index contributed by atoms with van der Waals surface area (Å²) in [5.74, 6) is 1.52. The summed E-state index contributed by atoms with van der Waals surface area (Å²) in [7, 11) is 1.59. The molecule has 19 heavy (non-hydrogen) atoms. The minimum Gasteiger partial charge on any atom is -0.495 e. The van der Waals surface area contributed by atoms with Crippen molar-refractivity contribution in [1.82, 2.24) is 0 Å². The molecule has 0 bridgehead atoms. The number of carbonyl (C=O) groups excluding carboxylic acids is 1. The molecule has 0 unspecified atom stereocenters. The monoisotopic (exact) mass is 283 g/mol. The minimum absolute atomic E-state index is 0.195. The first-order valence-electron chi connectivity index (χ1n) is 6.04. The predicted molar refractivity (Wildman–Crippen MR) is 79.4 cm³/mol. The molecule has 0 heterocycles. The Hall–Kier alpha value is -1.36. The van der Waals surface area contributed by atoms with Gasteiger partial charge in [0.05, 0.1) is 18.6 Å². The first-order chi connectivity index (χ1) is 8.81. The van der Waals surface area contributed by atoms with E-state index < -0.39 is 5.60 Å². The van der Waals surface area contributed by atoms with Crippen LogP contribution in [-0.4, -0.2) is 24.4 Å². The lowest BCUT2D eigenvalue weighted by Gasteiger charge is -2.19. The smallest absolute Gasteiger partial charge is 0.316 e. The summed E-state index contributed by atoms with van der Waals surface area (Å²) in [4.78, 5) is 11.5. The van der Waals surface area contributed by atoms with Gasteiger partial charge in [0.25, 0.3) is 0 Å². The van der Waals surface area contributed by atoms with Gasteiger partial charge in [-0.3, -0.25) is 4.79 Å². The number of anilines is 1. The second-order valence-corrected chi connectivity index (χ2v) is 6.14. The molecule has 1 aromatic carbocycles. The number of rotatable bonds is 5. The first-order valence-corrected chi connectivity index (χ1v) is 7.19. The standard InChI is InChI=1S/C14H21NO3S/c1-14(2,3)18-13(16)9-19-8-10-5-6-12(17-4)11(15)7-10/h5-7H,8-9,15H2,1-4H3. The topological polar surface area (TPSA) is 61.5 Å². The Morgan fingerprint density at radius 2 is 2.05 bits per heavy atom. The van der Waals surface area contributed by atoms with E-state index in [0.29, 0.717) is 22.9 Å². The third-order valence-electron chi connectivity index (χ3n) is 2.20. The minimum atomic E-state index is -0.428. The van der Waals surface area contributed by atoms with Crippen LogP contribution in [0.15, 0.2) is 18.2 Å². The van der Waals surface area contributed by atoms with Crippen molar-refractivity contribution < 1.29 is 14.3 Å². The zero-order valence-electron chi connectivity index (χ0n) is 11.9. The lowest BCUT2D eigenvalue weighted by atomic mass is 10.2. The van der Waals surface area contributed by atoms with E-state index in [4.69, 9.17) is 15.2 Å². The van der Waals surface area contributed by atoms with Crippen LogP contribution in [-0.2, 0) is 15.3 Å². The molecule has 0 saturated carbocycles. The van der Waals surface area contributed by atoms with Crippen molar-refractivity contribution in [3.63, 3.8) is 0 Å². The fourth-order valence-electron chi connectivity index (χ4n) is 1.50. The third-order valence-corrected chi connectivity index (χ3v) is 3.18. The van der Waals surface area contributed by atoms with Gasteiger partial charge in [-0.15, -0.1) is 11.8 Å². The van der Waals surface area contributed by atoms with Crippen LogP contribution in [0.2, 0.25) is 0 Å². The number of thioether (sulfide) groups is 1. The zero-order valence-corrected chi connectivity index (χ0v) is 12.7. The maximum absolute atomic E-state index is 11.5. The SMILES string of the molecule is COc1ccc(CSCC(=O)OC(C)(C)C)cc1N. The van der Waals surface area contributed by atoms with E-state index in [1.807, 2.05) is 39.0 Å². The van der Waals surface area contributed by atoms with Crippen LogP contribution in [0.5, 0.6) is 5.75 Å². The maximum Gasteiger partial charge on any atom is 0.316 e. The Balaban J connectivity index is 2.41. The molecule has 0 fully saturated rings. The first kappa shape index (κ1) is 15.7. The van der Waals surface area contributed by atoms with Gasteiger partial charge < -0.3 is 15.2 Å². The Labute approximate surface area is 118 Å². The molecular weight excluding hydrogens is 262 g/mol. The summed E-state index contributed by atoms with van der Waals surface area (Å²) in [6.07, 6.45) is 0. The van der Waals surface area contributed by atoms with Crippen molar-refractivity contribution in [2.75, 3.05) is 18.6 Å². The summed E-state index contributed by atoms with van der Waals surface area (Å²) >= 11 is 1.51. The molecule has 2 N–H and O–H groups in total. The Bertz CT molecular complexity index is 441.